The summed E-state index contributed by atoms with van der Waals surface area (Å²) in [5, 5.41) is 8.68. The molecule has 2 heterocycles. The molecule has 0 spiro atoms. The van der Waals surface area contributed by atoms with Crippen LogP contribution in [0.1, 0.15) is 22.8 Å². The van der Waals surface area contributed by atoms with Gasteiger partial charge in [0.25, 0.3) is 5.91 Å². The molecular formula is C14H18N2O4. The molecule has 1 fully saturated rings. The molecule has 0 unspecified atom stereocenters. The van der Waals surface area contributed by atoms with E-state index in [1.165, 1.54) is 0 Å². The molecule has 6 heteroatoms. The number of benzene rings is 1. The fraction of sp³-hybridized carbons (Fsp3) is 0.500. The Morgan fingerprint density at radius 3 is 2.85 bits per heavy atom. The quantitative estimate of drug-likeness (QED) is 0.618. The minimum atomic E-state index is -0.530. The van der Waals surface area contributed by atoms with E-state index in [2.05, 4.69) is 11.8 Å². The first-order chi connectivity index (χ1) is 9.69. The van der Waals surface area contributed by atoms with Crippen molar-refractivity contribution in [3.63, 3.8) is 0 Å². The van der Waals surface area contributed by atoms with Gasteiger partial charge < -0.3 is 9.47 Å². The third kappa shape index (κ3) is 2.37. The number of hydrogen-bond donors (Lipinski definition) is 2. The van der Waals surface area contributed by atoms with Crippen LogP contribution in [-0.4, -0.2) is 47.9 Å². The van der Waals surface area contributed by atoms with Gasteiger partial charge in [-0.2, -0.15) is 0 Å². The number of rotatable bonds is 2. The summed E-state index contributed by atoms with van der Waals surface area (Å²) in [5.74, 6) is 0.179. The van der Waals surface area contributed by atoms with E-state index in [1.807, 2.05) is 6.07 Å². The average Bonchev–Trinajstić information content (AvgIpc) is 2.56. The number of ether oxygens (including phenoxy) is 2. The molecule has 3 rings (SSSR count). The zero-order valence-corrected chi connectivity index (χ0v) is 11.3. The lowest BCUT2D eigenvalue weighted by Gasteiger charge is -2.39. The van der Waals surface area contributed by atoms with Crippen molar-refractivity contribution in [2.45, 2.75) is 25.6 Å². The zero-order chi connectivity index (χ0) is 14.1. The van der Waals surface area contributed by atoms with Crippen molar-refractivity contribution in [3.05, 3.63) is 29.3 Å². The highest BCUT2D eigenvalue weighted by molar-refractivity contribution is 5.93. The molecule has 1 aromatic carbocycles. The fourth-order valence-electron chi connectivity index (χ4n) is 2.59. The van der Waals surface area contributed by atoms with E-state index in [-0.39, 0.29) is 0 Å². The maximum Gasteiger partial charge on any atom is 0.274 e. The Bertz CT molecular complexity index is 516. The Labute approximate surface area is 117 Å². The monoisotopic (exact) mass is 278 g/mol. The summed E-state index contributed by atoms with van der Waals surface area (Å²) in [6.07, 6.45) is 0. The van der Waals surface area contributed by atoms with E-state index in [9.17, 15) is 4.79 Å². The van der Waals surface area contributed by atoms with E-state index in [1.54, 1.807) is 17.6 Å². The van der Waals surface area contributed by atoms with Gasteiger partial charge in [-0.25, -0.2) is 5.48 Å². The molecule has 6 nitrogen and oxygen atoms in total. The lowest BCUT2D eigenvalue weighted by atomic mass is 10.1. The number of hydroxylamine groups is 1. The van der Waals surface area contributed by atoms with Gasteiger partial charge in [0.1, 0.15) is 12.4 Å². The summed E-state index contributed by atoms with van der Waals surface area (Å²) in [6.45, 7) is 5.03. The number of nitrogens with zero attached hydrogens (tertiary/aromatic N) is 1. The van der Waals surface area contributed by atoms with Crippen LogP contribution in [0.2, 0.25) is 0 Å². The normalized spacial score (nSPS) is 23.2. The van der Waals surface area contributed by atoms with Crippen LogP contribution < -0.4 is 10.2 Å². The summed E-state index contributed by atoms with van der Waals surface area (Å²) in [5.41, 5.74) is 3.08. The Morgan fingerprint density at radius 2 is 2.20 bits per heavy atom. The summed E-state index contributed by atoms with van der Waals surface area (Å²) < 4.78 is 11.1. The van der Waals surface area contributed by atoms with Gasteiger partial charge in [0.05, 0.1) is 19.3 Å². The van der Waals surface area contributed by atoms with Crippen molar-refractivity contribution >= 4 is 5.91 Å². The minimum Gasteiger partial charge on any atom is -0.492 e. The maximum atomic E-state index is 11.4. The summed E-state index contributed by atoms with van der Waals surface area (Å²) >= 11 is 0. The van der Waals surface area contributed by atoms with Crippen molar-refractivity contribution in [2.75, 3.05) is 19.8 Å². The topological polar surface area (TPSA) is 71.0 Å². The smallest absolute Gasteiger partial charge is 0.274 e. The maximum absolute atomic E-state index is 11.4. The van der Waals surface area contributed by atoms with Gasteiger partial charge in [0.2, 0.25) is 0 Å². The second-order valence-electron chi connectivity index (χ2n) is 5.29. The lowest BCUT2D eigenvalue weighted by Crippen LogP contribution is -2.52. The van der Waals surface area contributed by atoms with Crippen LogP contribution in [0.4, 0.5) is 0 Å². The van der Waals surface area contributed by atoms with Crippen molar-refractivity contribution in [1.29, 1.82) is 0 Å². The molecule has 20 heavy (non-hydrogen) atoms. The molecule has 1 saturated heterocycles. The second kappa shape index (κ2) is 5.40. The number of fused-ring (bicyclic) bond motifs is 1. The molecule has 0 bridgehead atoms. The number of nitrogens with one attached hydrogen (secondary N) is 1. The Kier molecular flexibility index (Phi) is 3.60. The number of hydrogen-bond acceptors (Lipinski definition) is 5. The standard InChI is InChI=1S/C14H18N2O4/c1-9-6-20-13-4-10(14(17)15-18)2-3-11(13)5-16(9)12-7-19-8-12/h2-4,9,12,18H,5-8H2,1H3,(H,15,17)/t9-/m0/s1. The second-order valence-corrected chi connectivity index (χ2v) is 5.29. The van der Waals surface area contributed by atoms with E-state index >= 15 is 0 Å². The van der Waals surface area contributed by atoms with Crippen molar-refractivity contribution in [3.8, 4) is 5.75 Å². The van der Waals surface area contributed by atoms with E-state index < -0.39 is 5.91 Å². The van der Waals surface area contributed by atoms with Crippen LogP contribution in [0.15, 0.2) is 18.2 Å². The van der Waals surface area contributed by atoms with Crippen LogP contribution in [-0.2, 0) is 11.3 Å². The highest BCUT2D eigenvalue weighted by atomic mass is 16.5. The molecule has 0 aliphatic carbocycles. The largest absolute Gasteiger partial charge is 0.492 e. The molecule has 108 valence electrons. The Hall–Kier alpha value is -1.63. The first kappa shape index (κ1) is 13.4. The molecule has 2 aliphatic rings. The van der Waals surface area contributed by atoms with E-state index in [0.29, 0.717) is 30.0 Å². The number of carbonyl (C=O) groups excluding carboxylic acids is 1. The lowest BCUT2D eigenvalue weighted by molar-refractivity contribution is -0.0825. The molecule has 0 saturated carbocycles. The summed E-state index contributed by atoms with van der Waals surface area (Å²) in [7, 11) is 0. The highest BCUT2D eigenvalue weighted by Gasteiger charge is 2.32. The molecule has 2 N–H and O–H groups in total. The molecule has 0 radical (unpaired) electrons. The van der Waals surface area contributed by atoms with Crippen LogP contribution in [0.25, 0.3) is 0 Å². The SMILES string of the molecule is C[C@H]1COc2cc(C(=O)NO)ccc2CN1C1COC1. The van der Waals surface area contributed by atoms with E-state index in [4.69, 9.17) is 14.7 Å². The van der Waals surface area contributed by atoms with Crippen molar-refractivity contribution in [2.24, 2.45) is 0 Å². The molecule has 1 atom stereocenters. The van der Waals surface area contributed by atoms with Gasteiger partial charge in [-0.15, -0.1) is 0 Å². The Balaban J connectivity index is 1.85. The molecular weight excluding hydrogens is 260 g/mol. The first-order valence-electron chi connectivity index (χ1n) is 6.72. The molecule has 1 aromatic rings. The van der Waals surface area contributed by atoms with Crippen molar-refractivity contribution < 1.29 is 19.5 Å². The molecule has 1 amide bonds. The highest BCUT2D eigenvalue weighted by Crippen LogP contribution is 2.28. The zero-order valence-electron chi connectivity index (χ0n) is 11.3. The summed E-state index contributed by atoms with van der Waals surface area (Å²) in [6, 6.07) is 5.99. The van der Waals surface area contributed by atoms with Gasteiger partial charge >= 0.3 is 0 Å². The van der Waals surface area contributed by atoms with Crippen LogP contribution in [0, 0.1) is 0 Å². The fourth-order valence-corrected chi connectivity index (χ4v) is 2.59. The average molecular weight is 278 g/mol. The molecule has 0 aromatic heterocycles. The Morgan fingerprint density at radius 1 is 1.40 bits per heavy atom. The number of carbonyl (C=O) groups is 1. The van der Waals surface area contributed by atoms with Gasteiger partial charge in [-0.05, 0) is 19.1 Å². The van der Waals surface area contributed by atoms with Crippen LogP contribution in [0.3, 0.4) is 0 Å². The third-order valence-electron chi connectivity index (χ3n) is 3.92. The van der Waals surface area contributed by atoms with Gasteiger partial charge in [-0.3, -0.25) is 14.9 Å². The van der Waals surface area contributed by atoms with Gasteiger partial charge in [0, 0.05) is 23.7 Å². The predicted molar refractivity (Wildman–Crippen MR) is 70.8 cm³/mol. The third-order valence-corrected chi connectivity index (χ3v) is 3.92. The predicted octanol–water partition coefficient (Wildman–Crippen LogP) is 0.787. The minimum absolute atomic E-state index is 0.298. The molecule has 2 aliphatic heterocycles. The number of amides is 1. The first-order valence-corrected chi connectivity index (χ1v) is 6.72. The van der Waals surface area contributed by atoms with Crippen LogP contribution in [0.5, 0.6) is 5.75 Å². The van der Waals surface area contributed by atoms with Crippen molar-refractivity contribution in [1.82, 2.24) is 10.4 Å². The van der Waals surface area contributed by atoms with Gasteiger partial charge in [-0.1, -0.05) is 6.07 Å². The van der Waals surface area contributed by atoms with E-state index in [0.717, 1.165) is 25.3 Å². The summed E-state index contributed by atoms with van der Waals surface area (Å²) in [4.78, 5) is 13.8. The van der Waals surface area contributed by atoms with Crippen LogP contribution >= 0.6 is 0 Å². The van der Waals surface area contributed by atoms with Gasteiger partial charge in [0.15, 0.2) is 0 Å².